The molecule has 0 fully saturated rings. The quantitative estimate of drug-likeness (QED) is 0.877. The van der Waals surface area contributed by atoms with Crippen LogP contribution in [0.25, 0.3) is 0 Å². The minimum atomic E-state index is -4.53. The third-order valence-corrected chi connectivity index (χ3v) is 2.79. The summed E-state index contributed by atoms with van der Waals surface area (Å²) in [4.78, 5) is 0. The average molecular weight is 292 g/mol. The van der Waals surface area contributed by atoms with Gasteiger partial charge in [0.1, 0.15) is 12.4 Å². The maximum atomic E-state index is 12.9. The maximum absolute atomic E-state index is 12.9. The Morgan fingerprint density at radius 2 is 1.76 bits per heavy atom. The van der Waals surface area contributed by atoms with Crippen LogP contribution >= 0.6 is 0 Å². The predicted molar refractivity (Wildman–Crippen MR) is 71.3 cm³/mol. The van der Waals surface area contributed by atoms with E-state index < -0.39 is 11.7 Å². The number of nitrogens with two attached hydrogens (primary N) is 1. The van der Waals surface area contributed by atoms with Crippen LogP contribution < -0.4 is 10.5 Å². The van der Waals surface area contributed by atoms with E-state index in [0.29, 0.717) is 11.1 Å². The fourth-order valence-corrected chi connectivity index (χ4v) is 1.73. The summed E-state index contributed by atoms with van der Waals surface area (Å²) in [6.45, 7) is -0.0291. The van der Waals surface area contributed by atoms with Gasteiger partial charge in [0, 0.05) is 5.69 Å². The Hall–Kier alpha value is -2.68. The molecular weight excluding hydrogens is 281 g/mol. The van der Waals surface area contributed by atoms with E-state index in [1.54, 1.807) is 24.3 Å². The molecule has 6 heteroatoms. The van der Waals surface area contributed by atoms with Crippen molar-refractivity contribution < 1.29 is 17.9 Å². The Kier molecular flexibility index (Phi) is 4.03. The molecule has 0 saturated heterocycles. The van der Waals surface area contributed by atoms with Gasteiger partial charge in [0.2, 0.25) is 0 Å². The zero-order chi connectivity index (χ0) is 15.5. The molecule has 0 aliphatic heterocycles. The Bertz CT molecular complexity index is 673. The third kappa shape index (κ3) is 3.66. The Labute approximate surface area is 119 Å². The Balaban J connectivity index is 2.18. The second-order valence-electron chi connectivity index (χ2n) is 4.35. The van der Waals surface area contributed by atoms with E-state index in [0.717, 1.165) is 6.07 Å². The first-order valence-electron chi connectivity index (χ1n) is 5.98. The molecule has 3 nitrogen and oxygen atoms in total. The van der Waals surface area contributed by atoms with Crippen LogP contribution in [0.1, 0.15) is 16.7 Å². The molecule has 2 aromatic carbocycles. The van der Waals surface area contributed by atoms with Gasteiger partial charge in [-0.2, -0.15) is 18.4 Å². The molecule has 0 heterocycles. The molecule has 0 atom stereocenters. The molecular formula is C15H11F3N2O. The van der Waals surface area contributed by atoms with E-state index >= 15 is 0 Å². The number of hydrogen-bond donors (Lipinski definition) is 1. The first kappa shape index (κ1) is 14.7. The van der Waals surface area contributed by atoms with Gasteiger partial charge in [-0.05, 0) is 35.9 Å². The zero-order valence-corrected chi connectivity index (χ0v) is 10.8. The number of ether oxygens (including phenoxy) is 1. The van der Waals surface area contributed by atoms with Crippen molar-refractivity contribution in [2.45, 2.75) is 12.8 Å². The number of alkyl halides is 3. The summed E-state index contributed by atoms with van der Waals surface area (Å²) in [5, 5.41) is 8.67. The highest BCUT2D eigenvalue weighted by Gasteiger charge is 2.34. The third-order valence-electron chi connectivity index (χ3n) is 2.79. The Morgan fingerprint density at radius 3 is 2.33 bits per heavy atom. The summed E-state index contributed by atoms with van der Waals surface area (Å²) in [6.07, 6.45) is -4.53. The van der Waals surface area contributed by atoms with Crippen molar-refractivity contribution in [1.82, 2.24) is 0 Å². The van der Waals surface area contributed by atoms with Crippen LogP contribution in [0.5, 0.6) is 5.75 Å². The second kappa shape index (κ2) is 5.75. The summed E-state index contributed by atoms with van der Waals surface area (Å²) < 4.78 is 43.9. The van der Waals surface area contributed by atoms with Crippen LogP contribution in [-0.4, -0.2) is 0 Å². The summed E-state index contributed by atoms with van der Waals surface area (Å²) in [5.41, 5.74) is 5.63. The lowest BCUT2D eigenvalue weighted by atomic mass is 10.1. The van der Waals surface area contributed by atoms with Crippen LogP contribution in [-0.2, 0) is 12.8 Å². The lowest BCUT2D eigenvalue weighted by Crippen LogP contribution is -2.09. The topological polar surface area (TPSA) is 59.0 Å². The lowest BCUT2D eigenvalue weighted by Gasteiger charge is -2.14. The molecule has 0 spiro atoms. The molecule has 2 N–H and O–H groups in total. The van der Waals surface area contributed by atoms with Crippen LogP contribution in [0.2, 0.25) is 0 Å². The molecule has 0 bridgehead atoms. The van der Waals surface area contributed by atoms with Gasteiger partial charge in [-0.15, -0.1) is 0 Å². The molecule has 0 amide bonds. The number of hydrogen-bond acceptors (Lipinski definition) is 3. The molecule has 0 aliphatic rings. The average Bonchev–Trinajstić information content (AvgIpc) is 2.45. The van der Waals surface area contributed by atoms with Crippen molar-refractivity contribution in [3.05, 3.63) is 59.2 Å². The maximum Gasteiger partial charge on any atom is 0.420 e. The van der Waals surface area contributed by atoms with Gasteiger partial charge in [-0.1, -0.05) is 12.1 Å². The fourth-order valence-electron chi connectivity index (χ4n) is 1.73. The molecule has 0 unspecified atom stereocenters. The largest absolute Gasteiger partial charge is 0.488 e. The number of nitriles is 1. The van der Waals surface area contributed by atoms with Crippen molar-refractivity contribution in [3.63, 3.8) is 0 Å². The van der Waals surface area contributed by atoms with Crippen molar-refractivity contribution >= 4 is 5.69 Å². The molecule has 2 rings (SSSR count). The normalized spacial score (nSPS) is 11.0. The number of benzene rings is 2. The van der Waals surface area contributed by atoms with Crippen LogP contribution in [0, 0.1) is 11.3 Å². The van der Waals surface area contributed by atoms with Gasteiger partial charge in [0.25, 0.3) is 0 Å². The first-order chi connectivity index (χ1) is 9.90. The van der Waals surface area contributed by atoms with Gasteiger partial charge in [-0.3, -0.25) is 0 Å². The van der Waals surface area contributed by atoms with Gasteiger partial charge in [-0.25, -0.2) is 0 Å². The van der Waals surface area contributed by atoms with Crippen molar-refractivity contribution in [1.29, 1.82) is 5.26 Å². The molecule has 0 saturated carbocycles. The lowest BCUT2D eigenvalue weighted by molar-refractivity contribution is -0.139. The van der Waals surface area contributed by atoms with E-state index in [4.69, 9.17) is 15.7 Å². The number of anilines is 1. The molecule has 2 aromatic rings. The number of halogens is 3. The molecule has 0 aliphatic carbocycles. The highest BCUT2D eigenvalue weighted by atomic mass is 19.4. The summed E-state index contributed by atoms with van der Waals surface area (Å²) in [6, 6.07) is 11.8. The van der Waals surface area contributed by atoms with Gasteiger partial charge in [0.15, 0.2) is 0 Å². The second-order valence-corrected chi connectivity index (χ2v) is 4.35. The smallest absolute Gasteiger partial charge is 0.420 e. The highest BCUT2D eigenvalue weighted by molar-refractivity contribution is 5.49. The minimum absolute atomic E-state index is 0.0213. The summed E-state index contributed by atoms with van der Waals surface area (Å²) in [5.74, 6) is -0.277. The number of nitrogen functional groups attached to an aromatic ring is 1. The van der Waals surface area contributed by atoms with Gasteiger partial charge < -0.3 is 10.5 Å². The first-order valence-corrected chi connectivity index (χ1v) is 5.98. The predicted octanol–water partition coefficient (Wildman–Crippen LogP) is 3.74. The standard InChI is InChI=1S/C15H11F3N2O/c16-15(17,18)13-7-12(20)5-6-14(13)21-9-11-3-1-10(8-19)2-4-11/h1-7H,9,20H2. The van der Waals surface area contributed by atoms with E-state index in [1.165, 1.54) is 12.1 Å². The van der Waals surface area contributed by atoms with E-state index in [2.05, 4.69) is 0 Å². The van der Waals surface area contributed by atoms with Crippen molar-refractivity contribution in [3.8, 4) is 11.8 Å². The van der Waals surface area contributed by atoms with Crippen molar-refractivity contribution in [2.75, 3.05) is 5.73 Å². The SMILES string of the molecule is N#Cc1ccc(COc2ccc(N)cc2C(F)(F)F)cc1. The number of nitrogens with zero attached hydrogens (tertiary/aromatic N) is 1. The van der Waals surface area contributed by atoms with Crippen molar-refractivity contribution in [2.24, 2.45) is 0 Å². The fraction of sp³-hybridized carbons (Fsp3) is 0.133. The van der Waals surface area contributed by atoms with E-state index in [-0.39, 0.29) is 18.0 Å². The van der Waals surface area contributed by atoms with Crippen LogP contribution in [0.4, 0.5) is 18.9 Å². The van der Waals surface area contributed by atoms with Crippen LogP contribution in [0.3, 0.4) is 0 Å². The van der Waals surface area contributed by atoms with Crippen LogP contribution in [0.15, 0.2) is 42.5 Å². The van der Waals surface area contributed by atoms with Gasteiger partial charge >= 0.3 is 6.18 Å². The minimum Gasteiger partial charge on any atom is -0.488 e. The molecule has 21 heavy (non-hydrogen) atoms. The number of rotatable bonds is 3. The molecule has 108 valence electrons. The summed E-state index contributed by atoms with van der Waals surface area (Å²) in [7, 11) is 0. The summed E-state index contributed by atoms with van der Waals surface area (Å²) >= 11 is 0. The Morgan fingerprint density at radius 1 is 1.10 bits per heavy atom. The van der Waals surface area contributed by atoms with E-state index in [9.17, 15) is 13.2 Å². The monoisotopic (exact) mass is 292 g/mol. The van der Waals surface area contributed by atoms with Gasteiger partial charge in [0.05, 0.1) is 17.2 Å². The molecule has 0 radical (unpaired) electrons. The van der Waals surface area contributed by atoms with E-state index in [1.807, 2.05) is 6.07 Å². The zero-order valence-electron chi connectivity index (χ0n) is 10.8. The highest BCUT2D eigenvalue weighted by Crippen LogP contribution is 2.37. The molecule has 0 aromatic heterocycles.